The normalized spacial score (nSPS) is 11.9. The maximum atomic E-state index is 5.32. The molecule has 11 rings (SSSR count). The summed E-state index contributed by atoms with van der Waals surface area (Å²) in [6.07, 6.45) is 1.90. The van der Waals surface area contributed by atoms with Crippen LogP contribution in [0.15, 0.2) is 170 Å². The van der Waals surface area contributed by atoms with E-state index in [4.69, 9.17) is 9.97 Å². The number of hydrogen-bond acceptors (Lipinski definition) is 3. The molecular weight excluding hydrogens is 641 g/mol. The third-order valence-corrected chi connectivity index (χ3v) is 11.3. The first-order chi connectivity index (χ1) is 25.3. The van der Waals surface area contributed by atoms with Gasteiger partial charge >= 0.3 is 0 Å². The fraction of sp³-hybridized carbons (Fsp3) is 0. The molecule has 0 bridgehead atoms. The Hall–Kier alpha value is -6.56. The summed E-state index contributed by atoms with van der Waals surface area (Å²) < 4.78 is 7.29. The van der Waals surface area contributed by atoms with Crippen LogP contribution in [0.1, 0.15) is 0 Å². The minimum Gasteiger partial charge on any atom is -0.308 e. The molecule has 0 unspecified atom stereocenters. The molecule has 0 saturated carbocycles. The van der Waals surface area contributed by atoms with Gasteiger partial charge in [-0.05, 0) is 77.9 Å². The highest BCUT2D eigenvalue weighted by atomic mass is 32.1. The van der Waals surface area contributed by atoms with Gasteiger partial charge in [0.2, 0.25) is 0 Å². The summed E-state index contributed by atoms with van der Waals surface area (Å²) in [6.45, 7) is 0. The average Bonchev–Trinajstić information content (AvgIpc) is 3.84. The van der Waals surface area contributed by atoms with Crippen LogP contribution in [0.3, 0.4) is 0 Å². The molecule has 6 aromatic carbocycles. The predicted molar refractivity (Wildman–Crippen MR) is 214 cm³/mol. The standard InChI is InChI=1S/C46H28N4S/c1-3-12-29(13-4-1)31-24-38(30-14-5-2-6-15-30)48-45(25-31)50-39-18-9-7-16-33(39)35-26-32(21-22-40(35)50)49-41-19-11-23-47-46(41)37-27-36-34-17-8-10-20-43(34)51-44(36)28-42(37)49/h1-28H. The van der Waals surface area contributed by atoms with Crippen LogP contribution < -0.4 is 0 Å². The van der Waals surface area contributed by atoms with E-state index >= 15 is 0 Å². The Bertz CT molecular complexity index is 3080. The fourth-order valence-electron chi connectivity index (χ4n) is 7.86. The summed E-state index contributed by atoms with van der Waals surface area (Å²) in [6, 6.07) is 58.6. The Morgan fingerprint density at radius 1 is 0.412 bits per heavy atom. The summed E-state index contributed by atoms with van der Waals surface area (Å²) in [7, 11) is 0. The van der Waals surface area contributed by atoms with Gasteiger partial charge in [-0.1, -0.05) is 97.1 Å². The Kier molecular flexibility index (Phi) is 6.09. The smallest absolute Gasteiger partial charge is 0.138 e. The van der Waals surface area contributed by atoms with Crippen LogP contribution in [0.4, 0.5) is 0 Å². The molecule has 11 aromatic rings. The van der Waals surface area contributed by atoms with Crippen molar-refractivity contribution in [3.8, 4) is 33.9 Å². The lowest BCUT2D eigenvalue weighted by Crippen LogP contribution is -2.00. The number of fused-ring (bicyclic) bond motifs is 9. The average molecular weight is 669 g/mol. The van der Waals surface area contributed by atoms with Crippen LogP contribution in [0.2, 0.25) is 0 Å². The quantitative estimate of drug-likeness (QED) is 0.187. The van der Waals surface area contributed by atoms with Gasteiger partial charge in [0.15, 0.2) is 0 Å². The molecule has 0 amide bonds. The molecule has 0 aliphatic carbocycles. The topological polar surface area (TPSA) is 35.6 Å². The Morgan fingerprint density at radius 3 is 2.00 bits per heavy atom. The first kappa shape index (κ1) is 28.3. The van der Waals surface area contributed by atoms with Crippen molar-refractivity contribution in [1.82, 2.24) is 19.1 Å². The zero-order valence-corrected chi connectivity index (χ0v) is 28.2. The predicted octanol–water partition coefficient (Wildman–Crippen LogP) is 12.4. The summed E-state index contributed by atoms with van der Waals surface area (Å²) >= 11 is 1.85. The van der Waals surface area contributed by atoms with E-state index in [-0.39, 0.29) is 0 Å². The first-order valence-corrected chi connectivity index (χ1v) is 18.0. The van der Waals surface area contributed by atoms with Gasteiger partial charge < -0.3 is 4.57 Å². The largest absolute Gasteiger partial charge is 0.308 e. The number of thiophene rings is 1. The molecule has 0 N–H and O–H groups in total. The minimum absolute atomic E-state index is 0.891. The van der Waals surface area contributed by atoms with Gasteiger partial charge in [-0.15, -0.1) is 11.3 Å². The maximum Gasteiger partial charge on any atom is 0.138 e. The Balaban J connectivity index is 1.17. The molecule has 0 aliphatic heterocycles. The second kappa shape index (κ2) is 11.0. The van der Waals surface area contributed by atoms with E-state index in [2.05, 4.69) is 161 Å². The van der Waals surface area contributed by atoms with Crippen molar-refractivity contribution >= 4 is 75.3 Å². The molecule has 0 spiro atoms. The second-order valence-electron chi connectivity index (χ2n) is 13.1. The lowest BCUT2D eigenvalue weighted by atomic mass is 10.0. The zero-order chi connectivity index (χ0) is 33.5. The van der Waals surface area contributed by atoms with E-state index in [0.717, 1.165) is 61.5 Å². The van der Waals surface area contributed by atoms with Crippen molar-refractivity contribution in [2.45, 2.75) is 0 Å². The fourth-order valence-corrected chi connectivity index (χ4v) is 8.98. The first-order valence-electron chi connectivity index (χ1n) is 17.2. The van der Waals surface area contributed by atoms with Crippen LogP contribution >= 0.6 is 11.3 Å². The number of nitrogens with zero attached hydrogens (tertiary/aromatic N) is 4. The molecule has 238 valence electrons. The molecule has 5 heterocycles. The van der Waals surface area contributed by atoms with E-state index in [0.29, 0.717) is 0 Å². The number of para-hydroxylation sites is 1. The highest BCUT2D eigenvalue weighted by molar-refractivity contribution is 7.25. The molecule has 0 aliphatic rings. The van der Waals surface area contributed by atoms with Gasteiger partial charge in [0.1, 0.15) is 5.82 Å². The number of hydrogen-bond donors (Lipinski definition) is 0. The van der Waals surface area contributed by atoms with Crippen molar-refractivity contribution in [3.63, 3.8) is 0 Å². The third-order valence-electron chi connectivity index (χ3n) is 10.2. The number of rotatable bonds is 4. The molecule has 0 saturated heterocycles. The summed E-state index contributed by atoms with van der Waals surface area (Å²) in [5.41, 5.74) is 10.9. The number of benzene rings is 6. The Labute approximate surface area is 297 Å². The van der Waals surface area contributed by atoms with Crippen LogP contribution in [-0.2, 0) is 0 Å². The summed E-state index contributed by atoms with van der Waals surface area (Å²) in [5, 5.41) is 6.11. The van der Waals surface area contributed by atoms with E-state index in [1.807, 2.05) is 29.7 Å². The summed E-state index contributed by atoms with van der Waals surface area (Å²) in [5.74, 6) is 0.891. The minimum atomic E-state index is 0.891. The summed E-state index contributed by atoms with van der Waals surface area (Å²) in [4.78, 5) is 10.2. The van der Waals surface area contributed by atoms with Gasteiger partial charge in [-0.2, -0.15) is 0 Å². The van der Waals surface area contributed by atoms with E-state index < -0.39 is 0 Å². The second-order valence-corrected chi connectivity index (χ2v) is 14.1. The molecular formula is C46H28N4S. The molecule has 4 nitrogen and oxygen atoms in total. The van der Waals surface area contributed by atoms with Crippen molar-refractivity contribution in [2.75, 3.05) is 0 Å². The van der Waals surface area contributed by atoms with E-state index in [1.165, 1.54) is 36.3 Å². The number of aromatic nitrogens is 4. The van der Waals surface area contributed by atoms with Gasteiger partial charge in [0, 0.05) is 53.8 Å². The van der Waals surface area contributed by atoms with Gasteiger partial charge in [-0.25, -0.2) is 4.98 Å². The highest BCUT2D eigenvalue weighted by Crippen LogP contribution is 2.41. The zero-order valence-electron chi connectivity index (χ0n) is 27.4. The van der Waals surface area contributed by atoms with Crippen molar-refractivity contribution in [1.29, 1.82) is 0 Å². The SMILES string of the molecule is c1ccc(-c2cc(-c3ccccc3)nc(-n3c4ccccc4c4cc(-n5c6cc7sc8ccccc8c7cc6c6ncccc65)ccc43)c2)cc1. The van der Waals surface area contributed by atoms with Crippen molar-refractivity contribution in [2.24, 2.45) is 0 Å². The van der Waals surface area contributed by atoms with Gasteiger partial charge in [-0.3, -0.25) is 9.55 Å². The molecule has 51 heavy (non-hydrogen) atoms. The molecule has 0 atom stereocenters. The highest BCUT2D eigenvalue weighted by Gasteiger charge is 2.20. The van der Waals surface area contributed by atoms with Gasteiger partial charge in [0.25, 0.3) is 0 Å². The van der Waals surface area contributed by atoms with Gasteiger partial charge in [0.05, 0.1) is 33.3 Å². The lowest BCUT2D eigenvalue weighted by molar-refractivity contribution is 1.08. The van der Waals surface area contributed by atoms with Crippen LogP contribution in [0.25, 0.3) is 97.8 Å². The lowest BCUT2D eigenvalue weighted by Gasteiger charge is -2.13. The Morgan fingerprint density at radius 2 is 1.14 bits per heavy atom. The maximum absolute atomic E-state index is 5.32. The molecule has 0 radical (unpaired) electrons. The van der Waals surface area contributed by atoms with Crippen molar-refractivity contribution in [3.05, 3.63) is 170 Å². The van der Waals surface area contributed by atoms with Crippen molar-refractivity contribution < 1.29 is 0 Å². The van der Waals surface area contributed by atoms with Crippen LogP contribution in [-0.4, -0.2) is 19.1 Å². The third kappa shape index (κ3) is 4.32. The molecule has 5 aromatic heterocycles. The van der Waals surface area contributed by atoms with Crippen LogP contribution in [0, 0.1) is 0 Å². The molecule has 0 fully saturated rings. The van der Waals surface area contributed by atoms with E-state index in [1.54, 1.807) is 0 Å². The number of pyridine rings is 2. The van der Waals surface area contributed by atoms with E-state index in [9.17, 15) is 0 Å². The van der Waals surface area contributed by atoms with Crippen LogP contribution in [0.5, 0.6) is 0 Å². The molecule has 5 heteroatoms. The monoisotopic (exact) mass is 668 g/mol.